The lowest BCUT2D eigenvalue weighted by atomic mass is 10.2. The summed E-state index contributed by atoms with van der Waals surface area (Å²) in [6, 6.07) is 11.4. The minimum Gasteiger partial charge on any atom is -0.484 e. The Kier molecular flexibility index (Phi) is 6.23. The van der Waals surface area contributed by atoms with Crippen molar-refractivity contribution in [2.45, 2.75) is 0 Å². The molecule has 1 amide bonds. The molecule has 1 N–H and O–H groups in total. The molecule has 28 heavy (non-hydrogen) atoms. The lowest BCUT2D eigenvalue weighted by Crippen LogP contribution is -2.21. The summed E-state index contributed by atoms with van der Waals surface area (Å²) in [4.78, 5) is 29.6. The van der Waals surface area contributed by atoms with E-state index in [9.17, 15) is 9.59 Å². The van der Waals surface area contributed by atoms with Gasteiger partial charge in [0.05, 0.1) is 0 Å². The van der Waals surface area contributed by atoms with Gasteiger partial charge in [-0.25, -0.2) is 9.78 Å². The summed E-state index contributed by atoms with van der Waals surface area (Å²) in [7, 11) is 3.91. The number of likely N-dealkylation sites (N-methyl/N-ethyl adjacent to an activating group) is 1. The van der Waals surface area contributed by atoms with E-state index < -0.39 is 5.63 Å². The van der Waals surface area contributed by atoms with Gasteiger partial charge in [-0.3, -0.25) is 4.79 Å². The highest BCUT2D eigenvalue weighted by Gasteiger charge is 2.07. The van der Waals surface area contributed by atoms with Crippen LogP contribution in [0.5, 0.6) is 11.6 Å². The zero-order chi connectivity index (χ0) is 19.9. The molecule has 0 spiro atoms. The first-order valence-corrected chi connectivity index (χ1v) is 8.70. The molecule has 3 rings (SSSR count). The maximum atomic E-state index is 12.1. The van der Waals surface area contributed by atoms with Gasteiger partial charge in [-0.05, 0) is 38.4 Å². The molecule has 0 atom stereocenters. The molecule has 1 aromatic carbocycles. The van der Waals surface area contributed by atoms with E-state index in [4.69, 9.17) is 13.9 Å². The van der Waals surface area contributed by atoms with Gasteiger partial charge in [0.1, 0.15) is 17.9 Å². The number of anilines is 1. The Morgan fingerprint density at radius 2 is 1.96 bits per heavy atom. The molecule has 2 aromatic heterocycles. The second kappa shape index (κ2) is 9.01. The largest absolute Gasteiger partial charge is 0.484 e. The first-order chi connectivity index (χ1) is 13.5. The quantitative estimate of drug-likeness (QED) is 0.596. The average Bonchev–Trinajstić information content (AvgIpc) is 2.66. The van der Waals surface area contributed by atoms with Crippen molar-refractivity contribution < 1.29 is 18.7 Å². The van der Waals surface area contributed by atoms with Crippen molar-refractivity contribution in [2.75, 3.05) is 39.2 Å². The molecule has 0 unspecified atom stereocenters. The van der Waals surface area contributed by atoms with Crippen molar-refractivity contribution >= 4 is 22.6 Å². The van der Waals surface area contributed by atoms with E-state index >= 15 is 0 Å². The van der Waals surface area contributed by atoms with Crippen molar-refractivity contribution in [3.05, 3.63) is 59.1 Å². The highest BCUT2D eigenvalue weighted by molar-refractivity contribution is 5.92. The Bertz CT molecular complexity index is 1020. The first-order valence-electron chi connectivity index (χ1n) is 8.70. The molecule has 0 saturated heterocycles. The van der Waals surface area contributed by atoms with Crippen molar-refractivity contribution in [3.8, 4) is 11.6 Å². The van der Waals surface area contributed by atoms with Gasteiger partial charge in [0.2, 0.25) is 5.88 Å². The van der Waals surface area contributed by atoms with Crippen molar-refractivity contribution in [3.63, 3.8) is 0 Å². The molecule has 0 saturated carbocycles. The Labute approximate surface area is 161 Å². The molecule has 2 heterocycles. The van der Waals surface area contributed by atoms with Gasteiger partial charge >= 0.3 is 5.63 Å². The maximum Gasteiger partial charge on any atom is 0.336 e. The second-order valence-corrected chi connectivity index (χ2v) is 6.33. The molecule has 0 bridgehead atoms. The van der Waals surface area contributed by atoms with Crippen molar-refractivity contribution in [1.29, 1.82) is 0 Å². The van der Waals surface area contributed by atoms with E-state index in [0.29, 0.717) is 29.5 Å². The fourth-order valence-electron chi connectivity index (χ4n) is 2.38. The third kappa shape index (κ3) is 5.55. The van der Waals surface area contributed by atoms with Crippen LogP contribution in [-0.4, -0.2) is 49.6 Å². The number of hydrogen-bond donors (Lipinski definition) is 1. The number of amides is 1. The molecular weight excluding hydrogens is 362 g/mol. The van der Waals surface area contributed by atoms with Crippen molar-refractivity contribution in [1.82, 2.24) is 9.88 Å². The fourth-order valence-corrected chi connectivity index (χ4v) is 2.38. The fraction of sp³-hybridized carbons (Fsp3) is 0.250. The van der Waals surface area contributed by atoms with Gasteiger partial charge in [-0.15, -0.1) is 0 Å². The monoisotopic (exact) mass is 383 g/mol. The molecule has 3 aromatic rings. The van der Waals surface area contributed by atoms with E-state index in [0.717, 1.165) is 11.9 Å². The maximum absolute atomic E-state index is 12.1. The van der Waals surface area contributed by atoms with Crippen LogP contribution < -0.4 is 20.4 Å². The SMILES string of the molecule is CN(C)CCOc1cc(NC(=O)COc2ccc3ccc(=O)oc3c2)ccn1. The summed E-state index contributed by atoms with van der Waals surface area (Å²) in [5.74, 6) is 0.532. The summed E-state index contributed by atoms with van der Waals surface area (Å²) in [5, 5.41) is 3.50. The highest BCUT2D eigenvalue weighted by Crippen LogP contribution is 2.19. The van der Waals surface area contributed by atoms with E-state index in [-0.39, 0.29) is 12.5 Å². The van der Waals surface area contributed by atoms with E-state index in [1.54, 1.807) is 42.6 Å². The Balaban J connectivity index is 1.55. The summed E-state index contributed by atoms with van der Waals surface area (Å²) < 4.78 is 16.1. The number of nitrogens with one attached hydrogen (secondary N) is 1. The minimum absolute atomic E-state index is 0.193. The summed E-state index contributed by atoms with van der Waals surface area (Å²) in [6.07, 6.45) is 1.56. The smallest absolute Gasteiger partial charge is 0.336 e. The lowest BCUT2D eigenvalue weighted by Gasteiger charge is -2.11. The molecule has 0 aliphatic carbocycles. The predicted molar refractivity (Wildman–Crippen MR) is 105 cm³/mol. The van der Waals surface area contributed by atoms with Gasteiger partial charge in [-0.2, -0.15) is 0 Å². The van der Waals surface area contributed by atoms with Gasteiger partial charge in [0, 0.05) is 42.0 Å². The molecular formula is C20H21N3O5. The summed E-state index contributed by atoms with van der Waals surface area (Å²) in [6.45, 7) is 1.07. The zero-order valence-corrected chi connectivity index (χ0v) is 15.7. The molecule has 8 nitrogen and oxygen atoms in total. The second-order valence-electron chi connectivity index (χ2n) is 6.33. The van der Waals surface area contributed by atoms with Crippen LogP contribution in [0, 0.1) is 0 Å². The van der Waals surface area contributed by atoms with Gasteiger partial charge in [-0.1, -0.05) is 0 Å². The number of rotatable bonds is 8. The summed E-state index contributed by atoms with van der Waals surface area (Å²) >= 11 is 0. The Morgan fingerprint density at radius 3 is 2.79 bits per heavy atom. The highest BCUT2D eigenvalue weighted by atomic mass is 16.5. The summed E-state index contributed by atoms with van der Waals surface area (Å²) in [5.41, 5.74) is 0.524. The van der Waals surface area contributed by atoms with Crippen LogP contribution in [0.2, 0.25) is 0 Å². The van der Waals surface area contributed by atoms with Crippen LogP contribution in [0.1, 0.15) is 0 Å². The van der Waals surface area contributed by atoms with E-state index in [1.807, 2.05) is 19.0 Å². The standard InChI is InChI=1S/C20H21N3O5/c1-23(2)9-10-26-19-11-15(7-8-21-19)22-18(24)13-27-16-5-3-14-4-6-20(25)28-17(14)12-16/h3-8,11-12H,9-10,13H2,1-2H3,(H,21,22,24). The number of pyridine rings is 1. The van der Waals surface area contributed by atoms with Crippen LogP contribution in [0.25, 0.3) is 11.0 Å². The van der Waals surface area contributed by atoms with Gasteiger partial charge < -0.3 is 24.1 Å². The number of aromatic nitrogens is 1. The van der Waals surface area contributed by atoms with E-state index in [2.05, 4.69) is 10.3 Å². The lowest BCUT2D eigenvalue weighted by molar-refractivity contribution is -0.118. The normalized spacial score (nSPS) is 10.8. The van der Waals surface area contributed by atoms with Crippen LogP contribution in [0.15, 0.2) is 57.9 Å². The van der Waals surface area contributed by atoms with Gasteiger partial charge in [0.25, 0.3) is 5.91 Å². The van der Waals surface area contributed by atoms with Crippen LogP contribution >= 0.6 is 0 Å². The molecule has 0 radical (unpaired) electrons. The topological polar surface area (TPSA) is 93.9 Å². The Hall–Kier alpha value is -3.39. The number of hydrogen-bond acceptors (Lipinski definition) is 7. The van der Waals surface area contributed by atoms with Crippen LogP contribution in [0.4, 0.5) is 5.69 Å². The number of fused-ring (bicyclic) bond motifs is 1. The third-order valence-electron chi connectivity index (χ3n) is 3.77. The number of benzene rings is 1. The van der Waals surface area contributed by atoms with Gasteiger partial charge in [0.15, 0.2) is 6.61 Å². The molecule has 8 heteroatoms. The average molecular weight is 383 g/mol. The number of carbonyl (C=O) groups excluding carboxylic acids is 1. The molecule has 0 fully saturated rings. The minimum atomic E-state index is -0.441. The first kappa shape index (κ1) is 19.4. The Morgan fingerprint density at radius 1 is 1.14 bits per heavy atom. The van der Waals surface area contributed by atoms with E-state index in [1.165, 1.54) is 6.07 Å². The predicted octanol–water partition coefficient (Wildman–Crippen LogP) is 2.15. The molecule has 0 aliphatic heterocycles. The molecule has 0 aliphatic rings. The van der Waals surface area contributed by atoms with Crippen LogP contribution in [-0.2, 0) is 4.79 Å². The third-order valence-corrected chi connectivity index (χ3v) is 3.77. The zero-order valence-electron chi connectivity index (χ0n) is 15.7. The molecule has 146 valence electrons. The number of ether oxygens (including phenoxy) is 2. The number of carbonyl (C=O) groups is 1. The number of nitrogens with zero attached hydrogens (tertiary/aromatic N) is 2. The van der Waals surface area contributed by atoms with Crippen molar-refractivity contribution in [2.24, 2.45) is 0 Å². The van der Waals surface area contributed by atoms with Crippen LogP contribution in [0.3, 0.4) is 0 Å².